The number of aliphatic hydroxyl groups is 1. The number of likely N-dealkylation sites (tertiary alicyclic amines) is 1. The van der Waals surface area contributed by atoms with Gasteiger partial charge in [0.1, 0.15) is 0 Å². The van der Waals surface area contributed by atoms with E-state index in [1.165, 1.54) is 6.07 Å². The van der Waals surface area contributed by atoms with Gasteiger partial charge in [-0.25, -0.2) is 0 Å². The average Bonchev–Trinajstić information content (AvgIpc) is 2.96. The molecule has 3 rings (SSSR count). The van der Waals surface area contributed by atoms with E-state index in [0.717, 1.165) is 30.6 Å². The lowest BCUT2D eigenvalue weighted by molar-refractivity contribution is 0.102. The molecule has 0 radical (unpaired) electrons. The summed E-state index contributed by atoms with van der Waals surface area (Å²) in [6.07, 6.45) is 0.544. The van der Waals surface area contributed by atoms with Gasteiger partial charge in [-0.15, -0.1) is 0 Å². The number of H-pyrrole nitrogens is 1. The van der Waals surface area contributed by atoms with E-state index in [2.05, 4.69) is 15.2 Å². The summed E-state index contributed by atoms with van der Waals surface area (Å²) >= 11 is 0. The average molecular weight is 341 g/mol. The third-order valence-electron chi connectivity index (χ3n) is 4.51. The Morgan fingerprint density at radius 3 is 2.84 bits per heavy atom. The van der Waals surface area contributed by atoms with Crippen molar-refractivity contribution in [1.82, 2.24) is 9.88 Å². The number of β-amino-alcohol motifs (C(OH)–C–C–N with tert-alkyl or cyclic N) is 1. The van der Waals surface area contributed by atoms with Gasteiger partial charge in [0.15, 0.2) is 0 Å². The number of aromatic nitrogens is 1. The van der Waals surface area contributed by atoms with Crippen LogP contribution in [0.4, 0.5) is 5.69 Å². The summed E-state index contributed by atoms with van der Waals surface area (Å²) in [6.45, 7) is 5.82. The Bertz CT molecular complexity index is 818. The maximum absolute atomic E-state index is 12.6. The van der Waals surface area contributed by atoms with Crippen molar-refractivity contribution >= 4 is 11.6 Å². The van der Waals surface area contributed by atoms with Crippen molar-refractivity contribution < 1.29 is 9.90 Å². The van der Waals surface area contributed by atoms with E-state index < -0.39 is 0 Å². The quantitative estimate of drug-likeness (QED) is 0.792. The standard InChI is InChI=1S/C19H23N3O3/c1-12-8-17(24)20-13(2)18(12)21-19(25)15-5-3-4-14(9-15)10-22-7-6-16(23)11-22/h3-5,8-9,16,23H,6-7,10-11H2,1-2H3,(H,20,24)(H,21,25)/t16-/m0/s1. The van der Waals surface area contributed by atoms with Crippen LogP contribution >= 0.6 is 0 Å². The summed E-state index contributed by atoms with van der Waals surface area (Å²) in [5.74, 6) is -0.207. The topological polar surface area (TPSA) is 85.4 Å². The van der Waals surface area contributed by atoms with Crippen LogP contribution in [0.3, 0.4) is 0 Å². The van der Waals surface area contributed by atoms with Crippen molar-refractivity contribution in [3.8, 4) is 0 Å². The SMILES string of the molecule is Cc1cc(=O)[nH]c(C)c1NC(=O)c1cccc(CN2CC[C@H](O)C2)c1. The second-order valence-electron chi connectivity index (χ2n) is 6.65. The molecule has 1 fully saturated rings. The number of anilines is 1. The third kappa shape index (κ3) is 4.15. The van der Waals surface area contributed by atoms with E-state index in [1.807, 2.05) is 18.2 Å². The molecule has 2 aromatic rings. The van der Waals surface area contributed by atoms with Gasteiger partial charge in [0.05, 0.1) is 11.8 Å². The molecule has 1 aromatic heterocycles. The van der Waals surface area contributed by atoms with Crippen LogP contribution in [0.15, 0.2) is 35.1 Å². The Morgan fingerprint density at radius 2 is 2.16 bits per heavy atom. The van der Waals surface area contributed by atoms with Crippen LogP contribution < -0.4 is 10.9 Å². The molecule has 132 valence electrons. The van der Waals surface area contributed by atoms with Gasteiger partial charge >= 0.3 is 0 Å². The zero-order chi connectivity index (χ0) is 18.0. The molecule has 2 heterocycles. The van der Waals surface area contributed by atoms with Crippen LogP contribution in [0.5, 0.6) is 0 Å². The number of aliphatic hydroxyl groups excluding tert-OH is 1. The molecule has 1 aliphatic heterocycles. The minimum Gasteiger partial charge on any atom is -0.392 e. The summed E-state index contributed by atoms with van der Waals surface area (Å²) < 4.78 is 0. The Labute approximate surface area is 146 Å². The lowest BCUT2D eigenvalue weighted by atomic mass is 10.1. The first-order valence-electron chi connectivity index (χ1n) is 8.43. The highest BCUT2D eigenvalue weighted by molar-refractivity contribution is 6.05. The van der Waals surface area contributed by atoms with Crippen molar-refractivity contribution in [2.45, 2.75) is 32.9 Å². The largest absolute Gasteiger partial charge is 0.392 e. The number of carbonyl (C=O) groups is 1. The number of aryl methyl sites for hydroxylation is 2. The number of pyridine rings is 1. The number of nitrogens with zero attached hydrogens (tertiary/aromatic N) is 1. The van der Waals surface area contributed by atoms with E-state index in [-0.39, 0.29) is 17.6 Å². The van der Waals surface area contributed by atoms with Crippen molar-refractivity contribution in [2.24, 2.45) is 0 Å². The van der Waals surface area contributed by atoms with Gasteiger partial charge in [-0.1, -0.05) is 12.1 Å². The van der Waals surface area contributed by atoms with Gasteiger partial charge in [0.25, 0.3) is 5.91 Å². The number of amides is 1. The number of aromatic amines is 1. The van der Waals surface area contributed by atoms with Gasteiger partial charge in [-0.3, -0.25) is 14.5 Å². The fourth-order valence-corrected chi connectivity index (χ4v) is 3.25. The summed E-state index contributed by atoms with van der Waals surface area (Å²) in [7, 11) is 0. The molecule has 3 N–H and O–H groups in total. The predicted molar refractivity (Wildman–Crippen MR) is 96.8 cm³/mol. The Balaban J connectivity index is 1.74. The molecule has 0 unspecified atom stereocenters. The Kier molecular flexibility index (Phi) is 5.01. The first-order valence-corrected chi connectivity index (χ1v) is 8.43. The van der Waals surface area contributed by atoms with E-state index in [9.17, 15) is 14.7 Å². The number of nitrogens with one attached hydrogen (secondary N) is 2. The molecule has 25 heavy (non-hydrogen) atoms. The smallest absolute Gasteiger partial charge is 0.255 e. The number of rotatable bonds is 4. The number of carbonyl (C=O) groups excluding carboxylic acids is 1. The summed E-state index contributed by atoms with van der Waals surface area (Å²) in [5, 5.41) is 12.5. The molecule has 1 aromatic carbocycles. The first kappa shape index (κ1) is 17.4. The summed E-state index contributed by atoms with van der Waals surface area (Å²) in [5.41, 5.74) is 3.44. The second-order valence-corrected chi connectivity index (χ2v) is 6.65. The van der Waals surface area contributed by atoms with E-state index in [1.54, 1.807) is 19.9 Å². The Hall–Kier alpha value is -2.44. The fourth-order valence-electron chi connectivity index (χ4n) is 3.25. The van der Waals surface area contributed by atoms with Crippen molar-refractivity contribution in [3.05, 3.63) is 63.1 Å². The van der Waals surface area contributed by atoms with Crippen molar-refractivity contribution in [3.63, 3.8) is 0 Å². The highest BCUT2D eigenvalue weighted by atomic mass is 16.3. The molecule has 0 bridgehead atoms. The third-order valence-corrected chi connectivity index (χ3v) is 4.51. The minimum absolute atomic E-state index is 0.178. The molecule has 6 heteroatoms. The first-order chi connectivity index (χ1) is 11.9. The predicted octanol–water partition coefficient (Wildman–Crippen LogP) is 1.81. The second kappa shape index (κ2) is 7.21. The van der Waals surface area contributed by atoms with Crippen LogP contribution in [0, 0.1) is 13.8 Å². The summed E-state index contributed by atoms with van der Waals surface area (Å²) in [6, 6.07) is 8.96. The fraction of sp³-hybridized carbons (Fsp3) is 0.368. The minimum atomic E-state index is -0.252. The molecule has 0 saturated carbocycles. The van der Waals surface area contributed by atoms with Gasteiger partial charge < -0.3 is 15.4 Å². The molecular weight excluding hydrogens is 318 g/mol. The van der Waals surface area contributed by atoms with Gasteiger partial charge in [-0.2, -0.15) is 0 Å². The van der Waals surface area contributed by atoms with Crippen molar-refractivity contribution in [1.29, 1.82) is 0 Å². The Morgan fingerprint density at radius 1 is 1.36 bits per heavy atom. The maximum Gasteiger partial charge on any atom is 0.255 e. The monoisotopic (exact) mass is 341 g/mol. The lowest BCUT2D eigenvalue weighted by Crippen LogP contribution is -2.22. The highest BCUT2D eigenvalue weighted by Gasteiger charge is 2.20. The molecule has 1 aliphatic rings. The van der Waals surface area contributed by atoms with Crippen LogP contribution in [0.2, 0.25) is 0 Å². The van der Waals surface area contributed by atoms with Crippen LogP contribution in [-0.2, 0) is 6.54 Å². The number of hydrogen-bond acceptors (Lipinski definition) is 4. The number of benzene rings is 1. The van der Waals surface area contributed by atoms with E-state index in [0.29, 0.717) is 23.5 Å². The summed E-state index contributed by atoms with van der Waals surface area (Å²) in [4.78, 5) is 28.9. The molecule has 1 atom stereocenters. The maximum atomic E-state index is 12.6. The normalized spacial score (nSPS) is 17.6. The van der Waals surface area contributed by atoms with Gasteiger partial charge in [-0.05, 0) is 43.5 Å². The molecule has 0 spiro atoms. The van der Waals surface area contributed by atoms with Crippen LogP contribution in [-0.4, -0.2) is 40.1 Å². The van der Waals surface area contributed by atoms with E-state index in [4.69, 9.17) is 0 Å². The number of hydrogen-bond donors (Lipinski definition) is 3. The molecule has 0 aliphatic carbocycles. The van der Waals surface area contributed by atoms with Gasteiger partial charge in [0, 0.05) is 37.0 Å². The molecular formula is C19H23N3O3. The van der Waals surface area contributed by atoms with Crippen molar-refractivity contribution in [2.75, 3.05) is 18.4 Å². The van der Waals surface area contributed by atoms with Crippen LogP contribution in [0.1, 0.15) is 33.6 Å². The molecule has 1 saturated heterocycles. The lowest BCUT2D eigenvalue weighted by Gasteiger charge is -2.16. The molecule has 1 amide bonds. The zero-order valence-electron chi connectivity index (χ0n) is 14.5. The highest BCUT2D eigenvalue weighted by Crippen LogP contribution is 2.18. The van der Waals surface area contributed by atoms with E-state index >= 15 is 0 Å². The molecule has 6 nitrogen and oxygen atoms in total. The van der Waals surface area contributed by atoms with Crippen LogP contribution in [0.25, 0.3) is 0 Å². The van der Waals surface area contributed by atoms with Gasteiger partial charge in [0.2, 0.25) is 5.56 Å². The zero-order valence-corrected chi connectivity index (χ0v) is 14.5.